The van der Waals surface area contributed by atoms with Gasteiger partial charge in [-0.15, -0.1) is 0 Å². The summed E-state index contributed by atoms with van der Waals surface area (Å²) in [4.78, 5) is 20.4. The Labute approximate surface area is 180 Å². The first-order valence-electron chi connectivity index (χ1n) is 9.71. The molecule has 3 aromatic rings. The summed E-state index contributed by atoms with van der Waals surface area (Å²) >= 11 is 0. The highest BCUT2D eigenvalue weighted by atomic mass is 19.1. The Kier molecular flexibility index (Phi) is 4.78. The first-order chi connectivity index (χ1) is 15.5. The Morgan fingerprint density at radius 2 is 2.00 bits per heavy atom. The van der Waals surface area contributed by atoms with Gasteiger partial charge in [0.05, 0.1) is 24.6 Å². The Balaban J connectivity index is 1.20. The van der Waals surface area contributed by atoms with Gasteiger partial charge in [-0.25, -0.2) is 18.6 Å². The second-order valence-corrected chi connectivity index (χ2v) is 7.40. The van der Waals surface area contributed by atoms with E-state index in [-0.39, 0.29) is 41.6 Å². The molecule has 2 amide bonds. The predicted octanol–water partition coefficient (Wildman–Crippen LogP) is 3.71. The van der Waals surface area contributed by atoms with Crippen LogP contribution in [0.15, 0.2) is 48.9 Å². The van der Waals surface area contributed by atoms with Crippen molar-refractivity contribution >= 4 is 11.8 Å². The van der Waals surface area contributed by atoms with Crippen molar-refractivity contribution in [1.82, 2.24) is 15.3 Å². The van der Waals surface area contributed by atoms with Crippen LogP contribution < -0.4 is 20.1 Å². The molecule has 1 saturated carbocycles. The van der Waals surface area contributed by atoms with Crippen molar-refractivity contribution in [2.75, 3.05) is 11.9 Å². The maximum Gasteiger partial charge on any atom is 0.320 e. The number of anilines is 1. The molecule has 3 atom stereocenters. The molecule has 160 valence electrons. The number of amides is 2. The van der Waals surface area contributed by atoms with E-state index < -0.39 is 17.7 Å². The number of benzene rings is 1. The maximum atomic E-state index is 14.2. The van der Waals surface area contributed by atoms with Gasteiger partial charge in [0.2, 0.25) is 0 Å². The molecule has 32 heavy (non-hydrogen) atoms. The smallest absolute Gasteiger partial charge is 0.320 e. The Morgan fingerprint density at radius 3 is 2.78 bits per heavy atom. The lowest BCUT2D eigenvalue weighted by Crippen LogP contribution is -2.32. The lowest BCUT2D eigenvalue weighted by molar-refractivity contribution is 0.247. The van der Waals surface area contributed by atoms with Crippen LogP contribution in [0, 0.1) is 28.9 Å². The van der Waals surface area contributed by atoms with Crippen LogP contribution in [-0.2, 0) is 0 Å². The van der Waals surface area contributed by atoms with Crippen molar-refractivity contribution in [3.05, 3.63) is 71.7 Å². The molecule has 2 aromatic heterocycles. The monoisotopic (exact) mass is 435 g/mol. The number of carbonyl (C=O) groups is 1. The fourth-order valence-corrected chi connectivity index (χ4v) is 3.85. The minimum Gasteiger partial charge on any atom is -0.490 e. The quantitative estimate of drug-likeness (QED) is 0.647. The summed E-state index contributed by atoms with van der Waals surface area (Å²) in [6.45, 7) is 0.204. The SMILES string of the molecule is N#Cc1cncc(Oc2ccc(NC(=O)NC3C4COc5c(F)ccc(F)c5C43)nc2)c1. The molecule has 0 saturated heterocycles. The minimum absolute atomic E-state index is 0.0799. The van der Waals surface area contributed by atoms with Crippen molar-refractivity contribution in [2.24, 2.45) is 5.92 Å². The molecule has 3 unspecified atom stereocenters. The normalized spacial score (nSPS) is 20.1. The summed E-state index contributed by atoms with van der Waals surface area (Å²) in [6, 6.07) is 7.87. The van der Waals surface area contributed by atoms with Gasteiger partial charge in [-0.3, -0.25) is 10.3 Å². The fourth-order valence-electron chi connectivity index (χ4n) is 3.85. The molecule has 10 heteroatoms. The number of rotatable bonds is 4. The molecule has 5 rings (SSSR count). The van der Waals surface area contributed by atoms with E-state index in [1.165, 1.54) is 24.7 Å². The number of aromatic nitrogens is 2. The molecular weight excluding hydrogens is 420 g/mol. The standard InChI is InChI=1S/C22H15F2N5O3/c23-15-2-3-16(24)21-19(15)18-14(10-31-21)20(18)29-22(30)28-17-4-1-12(9-27-17)32-13-5-11(6-25)7-26-8-13/h1-5,7-9,14,18,20H,10H2,(H2,27,28,29,30). The third kappa shape index (κ3) is 3.65. The van der Waals surface area contributed by atoms with Crippen LogP contribution in [0.5, 0.6) is 17.2 Å². The number of carbonyl (C=O) groups excluding carboxylic acids is 1. The van der Waals surface area contributed by atoms with E-state index >= 15 is 0 Å². The first kappa shape index (κ1) is 19.7. The molecule has 3 heterocycles. The number of hydrogen-bond donors (Lipinski definition) is 2. The highest BCUT2D eigenvalue weighted by Crippen LogP contribution is 2.55. The van der Waals surface area contributed by atoms with Crippen molar-refractivity contribution in [1.29, 1.82) is 5.26 Å². The van der Waals surface area contributed by atoms with Crippen LogP contribution in [0.4, 0.5) is 19.4 Å². The van der Waals surface area contributed by atoms with E-state index in [4.69, 9.17) is 14.7 Å². The van der Waals surface area contributed by atoms with Crippen LogP contribution in [0.2, 0.25) is 0 Å². The number of ether oxygens (including phenoxy) is 2. The van der Waals surface area contributed by atoms with Gasteiger partial charge in [-0.2, -0.15) is 5.26 Å². The number of pyridine rings is 2. The molecule has 0 spiro atoms. The van der Waals surface area contributed by atoms with Crippen molar-refractivity contribution in [3.63, 3.8) is 0 Å². The van der Waals surface area contributed by atoms with E-state index in [2.05, 4.69) is 20.6 Å². The Bertz CT molecular complexity index is 1250. The summed E-state index contributed by atoms with van der Waals surface area (Å²) in [5, 5.41) is 14.3. The third-order valence-corrected chi connectivity index (χ3v) is 5.37. The largest absolute Gasteiger partial charge is 0.490 e. The van der Waals surface area contributed by atoms with E-state index in [9.17, 15) is 13.6 Å². The number of urea groups is 1. The second-order valence-electron chi connectivity index (χ2n) is 7.40. The summed E-state index contributed by atoms with van der Waals surface area (Å²) in [7, 11) is 0. The minimum atomic E-state index is -0.614. The molecule has 2 aliphatic rings. The molecule has 1 fully saturated rings. The highest BCUT2D eigenvalue weighted by molar-refractivity contribution is 5.89. The van der Waals surface area contributed by atoms with E-state index in [0.717, 1.165) is 12.1 Å². The van der Waals surface area contributed by atoms with E-state index in [1.54, 1.807) is 12.1 Å². The lowest BCUT2D eigenvalue weighted by Gasteiger charge is -2.16. The fraction of sp³-hybridized carbons (Fsp3) is 0.182. The van der Waals surface area contributed by atoms with E-state index in [1.807, 2.05) is 6.07 Å². The molecule has 0 bridgehead atoms. The van der Waals surface area contributed by atoms with Crippen LogP contribution in [0.1, 0.15) is 17.0 Å². The molecule has 8 nitrogen and oxygen atoms in total. The van der Waals surface area contributed by atoms with Crippen molar-refractivity contribution in [2.45, 2.75) is 12.0 Å². The molecule has 1 aliphatic heterocycles. The summed E-state index contributed by atoms with van der Waals surface area (Å²) < 4.78 is 39.1. The zero-order valence-electron chi connectivity index (χ0n) is 16.4. The number of nitrogens with one attached hydrogen (secondary N) is 2. The molecule has 1 aliphatic carbocycles. The van der Waals surface area contributed by atoms with Gasteiger partial charge < -0.3 is 14.8 Å². The van der Waals surface area contributed by atoms with Crippen LogP contribution in [-0.4, -0.2) is 28.6 Å². The average Bonchev–Trinajstić information content (AvgIpc) is 3.50. The zero-order chi connectivity index (χ0) is 22.2. The van der Waals surface area contributed by atoms with Gasteiger partial charge in [0.1, 0.15) is 29.2 Å². The van der Waals surface area contributed by atoms with Gasteiger partial charge >= 0.3 is 6.03 Å². The maximum absolute atomic E-state index is 14.2. The summed E-state index contributed by atoms with van der Waals surface area (Å²) in [5.41, 5.74) is 0.530. The lowest BCUT2D eigenvalue weighted by atomic mass is 10.0. The number of nitriles is 1. The number of fused-ring (bicyclic) bond motifs is 3. The van der Waals surface area contributed by atoms with Gasteiger partial charge in [-0.05, 0) is 24.3 Å². The zero-order valence-corrected chi connectivity index (χ0v) is 16.4. The van der Waals surface area contributed by atoms with Crippen molar-refractivity contribution < 1.29 is 23.0 Å². The molecule has 1 aromatic carbocycles. The van der Waals surface area contributed by atoms with Crippen LogP contribution >= 0.6 is 0 Å². The van der Waals surface area contributed by atoms with Crippen LogP contribution in [0.25, 0.3) is 0 Å². The third-order valence-electron chi connectivity index (χ3n) is 5.37. The van der Waals surface area contributed by atoms with Gasteiger partial charge in [0.15, 0.2) is 11.6 Å². The summed E-state index contributed by atoms with van der Waals surface area (Å²) in [6.07, 6.45) is 4.29. The van der Waals surface area contributed by atoms with E-state index in [0.29, 0.717) is 17.1 Å². The molecule has 2 N–H and O–H groups in total. The first-order valence-corrected chi connectivity index (χ1v) is 9.71. The second kappa shape index (κ2) is 7.77. The number of hydrogen-bond acceptors (Lipinski definition) is 6. The Hall–Kier alpha value is -4.26. The molecule has 0 radical (unpaired) electrons. The van der Waals surface area contributed by atoms with Gasteiger partial charge in [0.25, 0.3) is 0 Å². The number of nitrogens with zero attached hydrogens (tertiary/aromatic N) is 3. The highest BCUT2D eigenvalue weighted by Gasteiger charge is 2.57. The Morgan fingerprint density at radius 1 is 1.16 bits per heavy atom. The average molecular weight is 435 g/mol. The summed E-state index contributed by atoms with van der Waals surface area (Å²) in [5.74, 6) is -0.642. The van der Waals surface area contributed by atoms with Crippen molar-refractivity contribution in [3.8, 4) is 23.3 Å². The topological polar surface area (TPSA) is 109 Å². The predicted molar refractivity (Wildman–Crippen MR) is 107 cm³/mol. The van der Waals surface area contributed by atoms with Gasteiger partial charge in [-0.1, -0.05) is 0 Å². The molecular formula is C22H15F2N5O3. The van der Waals surface area contributed by atoms with Gasteiger partial charge in [0, 0.05) is 35.7 Å². The number of halogens is 2. The van der Waals surface area contributed by atoms with Crippen LogP contribution in [0.3, 0.4) is 0 Å².